The molecule has 0 spiro atoms. The Hall–Kier alpha value is -4.01. The molecular formula is C28H27N5O2S. The van der Waals surface area contributed by atoms with Gasteiger partial charge in [0, 0.05) is 17.8 Å². The summed E-state index contributed by atoms with van der Waals surface area (Å²) < 4.78 is 1.00. The van der Waals surface area contributed by atoms with Crippen LogP contribution in [0.15, 0.2) is 84.6 Å². The second-order valence-corrected chi connectivity index (χ2v) is 9.92. The molecule has 1 aliphatic heterocycles. The van der Waals surface area contributed by atoms with E-state index in [9.17, 15) is 9.90 Å². The van der Waals surface area contributed by atoms with E-state index >= 15 is 0 Å². The molecule has 1 amide bonds. The van der Waals surface area contributed by atoms with Crippen molar-refractivity contribution in [2.45, 2.75) is 6.04 Å². The summed E-state index contributed by atoms with van der Waals surface area (Å²) in [5.41, 5.74) is 3.57. The standard InChI is InChI=1S/C28H27N5O2S/c1-32(2)22(18-9-4-3-5-10-18)16-30-27(35)19-11-8-12-20(15-19)33-17-23(34)25(26(33)29)28-31-21-13-6-7-14-24(21)36-28/h3-15,22,29,34H,16-17H2,1-2H3,(H,30,35). The molecule has 0 saturated heterocycles. The molecule has 0 saturated carbocycles. The molecule has 8 heteroatoms. The lowest BCUT2D eigenvalue weighted by molar-refractivity contribution is 0.0942. The first-order valence-corrected chi connectivity index (χ1v) is 12.5. The number of aliphatic hydroxyl groups is 1. The highest BCUT2D eigenvalue weighted by atomic mass is 32.1. The van der Waals surface area contributed by atoms with Crippen molar-refractivity contribution in [3.8, 4) is 0 Å². The molecule has 1 aliphatic rings. The van der Waals surface area contributed by atoms with Crippen molar-refractivity contribution in [3.63, 3.8) is 0 Å². The first-order chi connectivity index (χ1) is 17.4. The minimum absolute atomic E-state index is 0.0441. The number of thiazole rings is 1. The average molecular weight is 498 g/mol. The first kappa shape index (κ1) is 23.7. The Morgan fingerprint density at radius 3 is 2.61 bits per heavy atom. The number of rotatable bonds is 7. The van der Waals surface area contributed by atoms with Crippen LogP contribution in [0.4, 0.5) is 5.69 Å². The molecule has 36 heavy (non-hydrogen) atoms. The Morgan fingerprint density at radius 2 is 1.86 bits per heavy atom. The zero-order chi connectivity index (χ0) is 25.2. The lowest BCUT2D eigenvalue weighted by Crippen LogP contribution is -2.34. The number of anilines is 1. The summed E-state index contributed by atoms with van der Waals surface area (Å²) in [4.78, 5) is 21.4. The third kappa shape index (κ3) is 4.60. The fraction of sp³-hybridized carbons (Fsp3) is 0.179. The van der Waals surface area contributed by atoms with Gasteiger partial charge in [0.15, 0.2) is 0 Å². The van der Waals surface area contributed by atoms with Crippen LogP contribution in [0.1, 0.15) is 27.0 Å². The van der Waals surface area contributed by atoms with Crippen LogP contribution in [-0.4, -0.2) is 53.9 Å². The predicted molar refractivity (Wildman–Crippen MR) is 146 cm³/mol. The van der Waals surface area contributed by atoms with E-state index in [4.69, 9.17) is 5.41 Å². The number of benzene rings is 3. The number of nitrogens with zero attached hydrogens (tertiary/aromatic N) is 3. The normalized spacial score (nSPS) is 14.6. The maximum absolute atomic E-state index is 13.0. The molecule has 1 unspecified atom stereocenters. The lowest BCUT2D eigenvalue weighted by atomic mass is 10.1. The molecule has 5 rings (SSSR count). The Kier molecular flexibility index (Phi) is 6.54. The fourth-order valence-corrected chi connectivity index (χ4v) is 5.42. The van der Waals surface area contributed by atoms with Crippen LogP contribution in [0.2, 0.25) is 0 Å². The van der Waals surface area contributed by atoms with E-state index in [1.807, 2.05) is 62.6 Å². The number of para-hydroxylation sites is 1. The highest BCUT2D eigenvalue weighted by Crippen LogP contribution is 2.35. The number of carbonyl (C=O) groups excluding carboxylic acids is 1. The first-order valence-electron chi connectivity index (χ1n) is 11.7. The molecular weight excluding hydrogens is 470 g/mol. The highest BCUT2D eigenvalue weighted by molar-refractivity contribution is 7.19. The van der Waals surface area contributed by atoms with Gasteiger partial charge in [-0.2, -0.15) is 0 Å². The van der Waals surface area contributed by atoms with E-state index < -0.39 is 0 Å². The van der Waals surface area contributed by atoms with Crippen molar-refractivity contribution in [2.75, 3.05) is 32.1 Å². The van der Waals surface area contributed by atoms with Crippen LogP contribution in [0, 0.1) is 5.41 Å². The van der Waals surface area contributed by atoms with E-state index in [0.29, 0.717) is 28.4 Å². The van der Waals surface area contributed by atoms with Crippen molar-refractivity contribution in [3.05, 3.63) is 101 Å². The van der Waals surface area contributed by atoms with Crippen LogP contribution < -0.4 is 10.2 Å². The molecule has 0 radical (unpaired) electrons. The molecule has 1 atom stereocenters. The van der Waals surface area contributed by atoms with Crippen molar-refractivity contribution in [2.24, 2.45) is 0 Å². The van der Waals surface area contributed by atoms with Gasteiger partial charge in [-0.3, -0.25) is 10.2 Å². The van der Waals surface area contributed by atoms with E-state index in [1.54, 1.807) is 23.1 Å². The smallest absolute Gasteiger partial charge is 0.251 e. The minimum atomic E-state index is -0.186. The third-order valence-electron chi connectivity index (χ3n) is 6.29. The second-order valence-electron chi connectivity index (χ2n) is 8.89. The Balaban J connectivity index is 1.32. The lowest BCUT2D eigenvalue weighted by Gasteiger charge is -2.25. The number of carbonyl (C=O) groups is 1. The topological polar surface area (TPSA) is 92.6 Å². The van der Waals surface area contributed by atoms with Gasteiger partial charge in [0.1, 0.15) is 16.6 Å². The minimum Gasteiger partial charge on any atom is -0.510 e. The Labute approximate surface area is 213 Å². The molecule has 0 bridgehead atoms. The summed E-state index contributed by atoms with van der Waals surface area (Å²) in [7, 11) is 3.98. The molecule has 1 aromatic heterocycles. The van der Waals surface area contributed by atoms with Gasteiger partial charge >= 0.3 is 0 Å². The molecule has 3 aromatic carbocycles. The van der Waals surface area contributed by atoms with Crippen molar-refractivity contribution < 1.29 is 9.90 Å². The van der Waals surface area contributed by atoms with Gasteiger partial charge in [-0.25, -0.2) is 4.98 Å². The quantitative estimate of drug-likeness (QED) is 0.331. The monoisotopic (exact) mass is 497 g/mol. The van der Waals surface area contributed by atoms with Gasteiger partial charge in [-0.1, -0.05) is 48.5 Å². The Bertz CT molecular complexity index is 1430. The molecule has 182 valence electrons. The third-order valence-corrected chi connectivity index (χ3v) is 7.35. The molecule has 7 nitrogen and oxygen atoms in total. The van der Waals surface area contributed by atoms with Gasteiger partial charge in [0.2, 0.25) is 0 Å². The number of likely N-dealkylation sites (N-methyl/N-ethyl adjacent to an activating group) is 1. The maximum Gasteiger partial charge on any atom is 0.251 e. The number of aliphatic hydroxyl groups excluding tert-OH is 1. The largest absolute Gasteiger partial charge is 0.510 e. The summed E-state index contributed by atoms with van der Waals surface area (Å²) >= 11 is 1.45. The van der Waals surface area contributed by atoms with Crippen LogP contribution in [0.5, 0.6) is 0 Å². The van der Waals surface area contributed by atoms with Gasteiger partial charge < -0.3 is 20.2 Å². The van der Waals surface area contributed by atoms with Crippen LogP contribution in [-0.2, 0) is 0 Å². The summed E-state index contributed by atoms with van der Waals surface area (Å²) in [6, 6.07) is 25.0. The fourth-order valence-electron chi connectivity index (χ4n) is 4.38. The molecule has 4 aromatic rings. The number of nitrogens with one attached hydrogen (secondary N) is 2. The SMILES string of the molecule is CN(C)C(CNC(=O)c1cccc(N2CC(O)=C(c3nc4ccccc4s3)C2=N)c1)c1ccccc1. The maximum atomic E-state index is 13.0. The highest BCUT2D eigenvalue weighted by Gasteiger charge is 2.31. The summed E-state index contributed by atoms with van der Waals surface area (Å²) in [5.74, 6) is 0.0837. The molecule has 2 heterocycles. The number of hydrogen-bond acceptors (Lipinski definition) is 6. The van der Waals surface area contributed by atoms with Gasteiger partial charge in [-0.15, -0.1) is 11.3 Å². The van der Waals surface area contributed by atoms with Crippen molar-refractivity contribution >= 4 is 44.6 Å². The van der Waals surface area contributed by atoms with E-state index in [2.05, 4.69) is 27.3 Å². The van der Waals surface area contributed by atoms with E-state index in [1.165, 1.54) is 11.3 Å². The zero-order valence-electron chi connectivity index (χ0n) is 20.1. The Morgan fingerprint density at radius 1 is 1.11 bits per heavy atom. The molecule has 0 aliphatic carbocycles. The number of fused-ring (bicyclic) bond motifs is 1. The van der Waals surface area contributed by atoms with Gasteiger partial charge in [0.05, 0.1) is 28.4 Å². The predicted octanol–water partition coefficient (Wildman–Crippen LogP) is 5.10. The van der Waals surface area contributed by atoms with Gasteiger partial charge in [-0.05, 0) is 50.0 Å². The van der Waals surface area contributed by atoms with Crippen LogP contribution >= 0.6 is 11.3 Å². The number of aromatic nitrogens is 1. The molecule has 0 fully saturated rings. The van der Waals surface area contributed by atoms with Gasteiger partial charge in [0.25, 0.3) is 5.91 Å². The summed E-state index contributed by atoms with van der Waals surface area (Å²) in [6.07, 6.45) is 0. The van der Waals surface area contributed by atoms with E-state index in [-0.39, 0.29) is 30.1 Å². The zero-order valence-corrected chi connectivity index (χ0v) is 20.9. The number of amides is 1. The van der Waals surface area contributed by atoms with Crippen molar-refractivity contribution in [1.29, 1.82) is 5.41 Å². The number of hydrogen-bond donors (Lipinski definition) is 3. The van der Waals surface area contributed by atoms with Crippen LogP contribution in [0.25, 0.3) is 15.8 Å². The molecule has 3 N–H and O–H groups in total. The van der Waals surface area contributed by atoms with E-state index in [0.717, 1.165) is 15.8 Å². The average Bonchev–Trinajstić information content (AvgIpc) is 3.44. The second kappa shape index (κ2) is 9.93. The summed E-state index contributed by atoms with van der Waals surface area (Å²) in [5, 5.41) is 23.2. The number of amidine groups is 1. The van der Waals surface area contributed by atoms with Crippen LogP contribution in [0.3, 0.4) is 0 Å². The summed E-state index contributed by atoms with van der Waals surface area (Å²) in [6.45, 7) is 0.621. The van der Waals surface area contributed by atoms with Crippen molar-refractivity contribution in [1.82, 2.24) is 15.2 Å².